The number of amides is 1. The van der Waals surface area contributed by atoms with Crippen molar-refractivity contribution in [3.63, 3.8) is 0 Å². The molecular formula is C21H17Cl2F3N2O3. The first kappa shape index (κ1) is 23.1. The second-order valence-electron chi connectivity index (χ2n) is 7.09. The van der Waals surface area contributed by atoms with Crippen molar-refractivity contribution in [2.45, 2.75) is 31.5 Å². The zero-order valence-electron chi connectivity index (χ0n) is 16.4. The van der Waals surface area contributed by atoms with Gasteiger partial charge in [-0.1, -0.05) is 40.5 Å². The van der Waals surface area contributed by atoms with Gasteiger partial charge in [-0.15, -0.1) is 0 Å². The van der Waals surface area contributed by atoms with Crippen LogP contribution >= 0.6 is 23.2 Å². The van der Waals surface area contributed by atoms with Crippen LogP contribution in [0, 0.1) is 6.92 Å². The van der Waals surface area contributed by atoms with Crippen molar-refractivity contribution in [1.82, 2.24) is 5.32 Å². The van der Waals surface area contributed by atoms with E-state index in [2.05, 4.69) is 10.5 Å². The number of ketones is 1. The molecule has 0 saturated heterocycles. The van der Waals surface area contributed by atoms with E-state index in [1.807, 2.05) is 0 Å². The van der Waals surface area contributed by atoms with Gasteiger partial charge in [-0.3, -0.25) is 9.59 Å². The number of hydrogen-bond acceptors (Lipinski definition) is 4. The number of alkyl halides is 3. The molecule has 1 aliphatic rings. The van der Waals surface area contributed by atoms with Gasteiger partial charge in [0.15, 0.2) is 5.78 Å². The number of hydrogen-bond donors (Lipinski definition) is 1. The molecule has 3 rings (SSSR count). The lowest BCUT2D eigenvalue weighted by Crippen LogP contribution is -2.42. The van der Waals surface area contributed by atoms with E-state index in [0.717, 1.165) is 12.1 Å². The zero-order chi connectivity index (χ0) is 23.0. The Morgan fingerprint density at radius 3 is 2.35 bits per heavy atom. The Morgan fingerprint density at radius 1 is 1.16 bits per heavy atom. The monoisotopic (exact) mass is 472 g/mol. The maximum Gasteiger partial charge on any atom is 0.435 e. The number of oxime groups is 1. The summed E-state index contributed by atoms with van der Waals surface area (Å²) in [7, 11) is 1.42. The van der Waals surface area contributed by atoms with Crippen LogP contribution in [0.25, 0.3) is 0 Å². The van der Waals surface area contributed by atoms with E-state index < -0.39 is 29.9 Å². The van der Waals surface area contributed by atoms with Crippen LogP contribution in [0.15, 0.2) is 41.6 Å². The Hall–Kier alpha value is -2.58. The molecule has 5 nitrogen and oxygen atoms in total. The molecule has 1 atom stereocenters. The highest BCUT2D eigenvalue weighted by Gasteiger charge is 2.62. The molecule has 1 N–H and O–H groups in total. The molecule has 1 aliphatic heterocycles. The van der Waals surface area contributed by atoms with Gasteiger partial charge in [-0.25, -0.2) is 0 Å². The van der Waals surface area contributed by atoms with Gasteiger partial charge in [0, 0.05) is 34.6 Å². The maximum atomic E-state index is 14.1. The molecule has 10 heteroatoms. The van der Waals surface area contributed by atoms with E-state index in [1.165, 1.54) is 31.3 Å². The van der Waals surface area contributed by atoms with E-state index in [-0.39, 0.29) is 27.7 Å². The number of benzene rings is 2. The van der Waals surface area contributed by atoms with Gasteiger partial charge >= 0.3 is 6.18 Å². The molecule has 0 spiro atoms. The van der Waals surface area contributed by atoms with Crippen molar-refractivity contribution < 1.29 is 27.6 Å². The number of nitrogens with one attached hydrogen (secondary N) is 1. The molecule has 0 saturated carbocycles. The van der Waals surface area contributed by atoms with E-state index in [0.29, 0.717) is 16.7 Å². The number of aryl methyl sites for hydroxylation is 1. The smallest absolute Gasteiger partial charge is 0.374 e. The van der Waals surface area contributed by atoms with Gasteiger partial charge in [-0.05, 0) is 42.3 Å². The molecule has 0 aliphatic carbocycles. The molecule has 1 amide bonds. The largest absolute Gasteiger partial charge is 0.435 e. The van der Waals surface area contributed by atoms with Crippen LogP contribution in [0.4, 0.5) is 13.2 Å². The van der Waals surface area contributed by atoms with Gasteiger partial charge in [0.25, 0.3) is 5.60 Å². The van der Waals surface area contributed by atoms with Crippen LogP contribution in [0.2, 0.25) is 10.0 Å². The summed E-state index contributed by atoms with van der Waals surface area (Å²) in [5, 5.41) is 6.15. The Bertz CT molecular complexity index is 1070. The average Bonchev–Trinajstić information content (AvgIpc) is 3.13. The Morgan fingerprint density at radius 2 is 1.81 bits per heavy atom. The SMILES string of the molecule is CNC(=O)CC(=O)c1ccc(C2=NOC(c3cc(Cl)cc(Cl)c3)(C(F)(F)F)C2)cc1C. The predicted molar refractivity (Wildman–Crippen MR) is 111 cm³/mol. The van der Waals surface area contributed by atoms with Gasteiger partial charge in [0.05, 0.1) is 12.1 Å². The molecule has 1 unspecified atom stereocenters. The molecular weight excluding hydrogens is 456 g/mol. The lowest BCUT2D eigenvalue weighted by molar-refractivity contribution is -0.275. The molecule has 0 bridgehead atoms. The third-order valence-electron chi connectivity index (χ3n) is 4.97. The highest BCUT2D eigenvalue weighted by atomic mass is 35.5. The lowest BCUT2D eigenvalue weighted by Gasteiger charge is -2.29. The third-order valence-corrected chi connectivity index (χ3v) is 5.41. The first-order valence-electron chi connectivity index (χ1n) is 9.10. The lowest BCUT2D eigenvalue weighted by atomic mass is 9.86. The topological polar surface area (TPSA) is 67.8 Å². The van der Waals surface area contributed by atoms with E-state index in [1.54, 1.807) is 6.92 Å². The Balaban J connectivity index is 1.93. The summed E-state index contributed by atoms with van der Waals surface area (Å²) in [5.41, 5.74) is -1.77. The zero-order valence-corrected chi connectivity index (χ0v) is 18.0. The normalized spacial score (nSPS) is 18.4. The first-order chi connectivity index (χ1) is 14.5. The van der Waals surface area contributed by atoms with Crippen molar-refractivity contribution in [1.29, 1.82) is 0 Å². The highest BCUT2D eigenvalue weighted by molar-refractivity contribution is 6.34. The minimum atomic E-state index is -4.80. The average molecular weight is 473 g/mol. The van der Waals surface area contributed by atoms with E-state index in [9.17, 15) is 22.8 Å². The standard InChI is InChI=1S/C21H17Cl2F3N2O3/c1-11-5-12(3-4-16(11)18(29)9-19(30)27-2)17-10-20(31-28-17,21(24,25)26)13-6-14(22)8-15(23)7-13/h3-8H,9-10H2,1-2H3,(H,27,30). The summed E-state index contributed by atoms with van der Waals surface area (Å²) in [5.74, 6) is -0.830. The van der Waals surface area contributed by atoms with Crippen LogP contribution in [0.3, 0.4) is 0 Å². The third kappa shape index (κ3) is 4.55. The molecule has 1 heterocycles. The molecule has 0 aromatic heterocycles. The van der Waals surface area contributed by atoms with Crippen LogP contribution in [0.5, 0.6) is 0 Å². The van der Waals surface area contributed by atoms with Crippen LogP contribution < -0.4 is 5.32 Å². The fraction of sp³-hybridized carbons (Fsp3) is 0.286. The van der Waals surface area contributed by atoms with Crippen molar-refractivity contribution in [3.8, 4) is 0 Å². The molecule has 31 heavy (non-hydrogen) atoms. The fourth-order valence-corrected chi connectivity index (χ4v) is 3.86. The van der Waals surface area contributed by atoms with E-state index in [4.69, 9.17) is 28.0 Å². The summed E-state index contributed by atoms with van der Waals surface area (Å²) in [6, 6.07) is 8.09. The summed E-state index contributed by atoms with van der Waals surface area (Å²) in [6.45, 7) is 1.63. The fourth-order valence-electron chi connectivity index (χ4n) is 3.33. The summed E-state index contributed by atoms with van der Waals surface area (Å²) in [4.78, 5) is 28.7. The minimum absolute atomic E-state index is 0.0398. The van der Waals surface area contributed by atoms with Crippen molar-refractivity contribution >= 4 is 40.6 Å². The van der Waals surface area contributed by atoms with Crippen molar-refractivity contribution in [2.75, 3.05) is 7.05 Å². The second-order valence-corrected chi connectivity index (χ2v) is 7.96. The molecule has 2 aromatic carbocycles. The molecule has 0 fully saturated rings. The van der Waals surface area contributed by atoms with Gasteiger partial charge < -0.3 is 10.2 Å². The number of rotatable bonds is 5. The number of halogens is 5. The van der Waals surface area contributed by atoms with Crippen LogP contribution in [-0.2, 0) is 15.2 Å². The highest BCUT2D eigenvalue weighted by Crippen LogP contribution is 2.49. The van der Waals surface area contributed by atoms with Gasteiger partial charge in [0.1, 0.15) is 0 Å². The quantitative estimate of drug-likeness (QED) is 0.480. The molecule has 164 valence electrons. The summed E-state index contributed by atoms with van der Waals surface area (Å²) < 4.78 is 42.3. The van der Waals surface area contributed by atoms with Gasteiger partial charge in [-0.2, -0.15) is 13.2 Å². The van der Waals surface area contributed by atoms with Gasteiger partial charge in [0.2, 0.25) is 5.91 Å². The minimum Gasteiger partial charge on any atom is -0.374 e. The second kappa shape index (κ2) is 8.51. The number of carbonyl (C=O) groups excluding carboxylic acids is 2. The number of nitrogens with zero attached hydrogens (tertiary/aromatic N) is 1. The van der Waals surface area contributed by atoms with Crippen molar-refractivity contribution in [2.24, 2.45) is 5.16 Å². The number of Topliss-reactive ketones (excluding diaryl/α,β-unsaturated/α-hetero) is 1. The van der Waals surface area contributed by atoms with E-state index >= 15 is 0 Å². The van der Waals surface area contributed by atoms with Crippen molar-refractivity contribution in [3.05, 3.63) is 68.7 Å². The van der Waals surface area contributed by atoms with Crippen LogP contribution in [0.1, 0.15) is 39.9 Å². The van der Waals surface area contributed by atoms with Crippen LogP contribution in [-0.4, -0.2) is 30.6 Å². The Labute approximate surface area is 186 Å². The Kier molecular flexibility index (Phi) is 6.34. The molecule has 2 aromatic rings. The first-order valence-corrected chi connectivity index (χ1v) is 9.85. The summed E-state index contributed by atoms with van der Waals surface area (Å²) >= 11 is 11.8. The maximum absolute atomic E-state index is 14.1. The molecule has 0 radical (unpaired) electrons. The predicted octanol–water partition coefficient (Wildman–Crippen LogP) is 5.20. The number of carbonyl (C=O) groups is 2. The summed E-state index contributed by atoms with van der Waals surface area (Å²) in [6.07, 6.45) is -5.73.